The molecule has 0 aliphatic rings. The SMILES string of the molecule is C#CCOC(=O)C(CCC)OCCC(C)=O. The zero-order valence-electron chi connectivity index (χ0n) is 9.82. The second-order valence-electron chi connectivity index (χ2n) is 3.41. The number of ether oxygens (including phenoxy) is 2. The van der Waals surface area contributed by atoms with E-state index in [1.165, 1.54) is 6.92 Å². The molecule has 0 fully saturated rings. The average Bonchev–Trinajstić information content (AvgIpc) is 2.24. The molecule has 4 nitrogen and oxygen atoms in total. The molecule has 0 aliphatic heterocycles. The van der Waals surface area contributed by atoms with Gasteiger partial charge in [-0.2, -0.15) is 0 Å². The standard InChI is InChI=1S/C12H18O4/c1-4-6-11(12(14)16-8-5-2)15-9-7-10(3)13/h2,11H,4,6-9H2,1,3H3. The molecule has 0 saturated heterocycles. The lowest BCUT2D eigenvalue weighted by Gasteiger charge is -2.14. The van der Waals surface area contributed by atoms with Gasteiger partial charge in [-0.05, 0) is 13.3 Å². The van der Waals surface area contributed by atoms with Gasteiger partial charge in [0, 0.05) is 6.42 Å². The largest absolute Gasteiger partial charge is 0.451 e. The van der Waals surface area contributed by atoms with Gasteiger partial charge in [0.05, 0.1) is 6.61 Å². The molecular formula is C12H18O4. The molecule has 0 heterocycles. The molecule has 0 aromatic heterocycles. The van der Waals surface area contributed by atoms with Crippen LogP contribution in [0.15, 0.2) is 0 Å². The topological polar surface area (TPSA) is 52.6 Å². The van der Waals surface area contributed by atoms with Gasteiger partial charge in [0.1, 0.15) is 5.78 Å². The summed E-state index contributed by atoms with van der Waals surface area (Å²) in [7, 11) is 0. The second kappa shape index (κ2) is 8.93. The van der Waals surface area contributed by atoms with Gasteiger partial charge in [0.15, 0.2) is 12.7 Å². The molecule has 0 aromatic rings. The monoisotopic (exact) mass is 226 g/mol. The van der Waals surface area contributed by atoms with E-state index in [0.29, 0.717) is 12.8 Å². The summed E-state index contributed by atoms with van der Waals surface area (Å²) in [6.07, 6.45) is 6.05. The number of terminal acetylenes is 1. The lowest BCUT2D eigenvalue weighted by atomic mass is 10.2. The van der Waals surface area contributed by atoms with Crippen molar-refractivity contribution in [3.8, 4) is 12.3 Å². The van der Waals surface area contributed by atoms with Crippen molar-refractivity contribution >= 4 is 11.8 Å². The molecule has 0 rings (SSSR count). The van der Waals surface area contributed by atoms with E-state index in [2.05, 4.69) is 5.92 Å². The first-order valence-corrected chi connectivity index (χ1v) is 5.33. The molecule has 0 amide bonds. The van der Waals surface area contributed by atoms with Crippen molar-refractivity contribution in [2.45, 2.75) is 39.2 Å². The fourth-order valence-corrected chi connectivity index (χ4v) is 1.08. The highest BCUT2D eigenvalue weighted by Crippen LogP contribution is 2.05. The molecule has 0 radical (unpaired) electrons. The predicted molar refractivity (Wildman–Crippen MR) is 59.7 cm³/mol. The first kappa shape index (κ1) is 14.7. The highest BCUT2D eigenvalue weighted by Gasteiger charge is 2.19. The lowest BCUT2D eigenvalue weighted by Crippen LogP contribution is -2.27. The van der Waals surface area contributed by atoms with Crippen molar-refractivity contribution in [3.05, 3.63) is 0 Å². The maximum atomic E-state index is 11.4. The minimum atomic E-state index is -0.613. The van der Waals surface area contributed by atoms with Crippen molar-refractivity contribution in [3.63, 3.8) is 0 Å². The molecule has 1 unspecified atom stereocenters. The van der Waals surface area contributed by atoms with Crippen molar-refractivity contribution in [1.82, 2.24) is 0 Å². The summed E-state index contributed by atoms with van der Waals surface area (Å²) >= 11 is 0. The third kappa shape index (κ3) is 7.02. The van der Waals surface area contributed by atoms with Gasteiger partial charge in [-0.3, -0.25) is 4.79 Å². The Labute approximate surface area is 96.3 Å². The highest BCUT2D eigenvalue weighted by molar-refractivity contribution is 5.76. The van der Waals surface area contributed by atoms with Crippen molar-refractivity contribution < 1.29 is 19.1 Å². The fraction of sp³-hybridized carbons (Fsp3) is 0.667. The zero-order chi connectivity index (χ0) is 12.4. The van der Waals surface area contributed by atoms with Gasteiger partial charge < -0.3 is 9.47 Å². The van der Waals surface area contributed by atoms with Crippen molar-refractivity contribution in [1.29, 1.82) is 0 Å². The summed E-state index contributed by atoms with van der Waals surface area (Å²) in [5, 5.41) is 0. The van der Waals surface area contributed by atoms with E-state index < -0.39 is 12.1 Å². The smallest absolute Gasteiger partial charge is 0.336 e. The van der Waals surface area contributed by atoms with E-state index in [0.717, 1.165) is 6.42 Å². The molecule has 0 saturated carbocycles. The van der Waals surface area contributed by atoms with Crippen LogP contribution in [0.2, 0.25) is 0 Å². The molecule has 4 heteroatoms. The number of Topliss-reactive ketones (excluding diaryl/α,β-unsaturated/α-hetero) is 1. The third-order valence-corrected chi connectivity index (χ3v) is 1.88. The first-order valence-electron chi connectivity index (χ1n) is 5.33. The van der Waals surface area contributed by atoms with Crippen molar-refractivity contribution in [2.75, 3.05) is 13.2 Å². The van der Waals surface area contributed by atoms with Gasteiger partial charge in [0.25, 0.3) is 0 Å². The van der Waals surface area contributed by atoms with Gasteiger partial charge in [-0.25, -0.2) is 4.79 Å². The zero-order valence-corrected chi connectivity index (χ0v) is 9.82. The van der Waals surface area contributed by atoms with Gasteiger partial charge in [-0.15, -0.1) is 6.42 Å². The Morgan fingerprint density at radius 2 is 2.12 bits per heavy atom. The Balaban J connectivity index is 4.00. The highest BCUT2D eigenvalue weighted by atomic mass is 16.6. The summed E-state index contributed by atoms with van der Waals surface area (Å²) in [6, 6.07) is 0. The number of carbonyl (C=O) groups excluding carboxylic acids is 2. The van der Waals surface area contributed by atoms with E-state index in [1.54, 1.807) is 0 Å². The second-order valence-corrected chi connectivity index (χ2v) is 3.41. The van der Waals surface area contributed by atoms with Crippen LogP contribution in [0.5, 0.6) is 0 Å². The number of hydrogen-bond donors (Lipinski definition) is 0. The fourth-order valence-electron chi connectivity index (χ4n) is 1.08. The molecule has 0 aliphatic carbocycles. The molecule has 16 heavy (non-hydrogen) atoms. The van der Waals surface area contributed by atoms with Crippen molar-refractivity contribution in [2.24, 2.45) is 0 Å². The molecule has 90 valence electrons. The maximum Gasteiger partial charge on any atom is 0.336 e. The van der Waals surface area contributed by atoms with E-state index in [-0.39, 0.29) is 19.0 Å². The summed E-state index contributed by atoms with van der Waals surface area (Å²) in [4.78, 5) is 22.1. The number of rotatable bonds is 8. The van der Waals surface area contributed by atoms with E-state index in [4.69, 9.17) is 15.9 Å². The molecule has 0 aromatic carbocycles. The van der Waals surface area contributed by atoms with Crippen LogP contribution in [0, 0.1) is 12.3 Å². The van der Waals surface area contributed by atoms with E-state index in [9.17, 15) is 9.59 Å². The van der Waals surface area contributed by atoms with E-state index in [1.807, 2.05) is 6.92 Å². The minimum Gasteiger partial charge on any atom is -0.451 e. The molecular weight excluding hydrogens is 208 g/mol. The van der Waals surface area contributed by atoms with Gasteiger partial charge >= 0.3 is 5.97 Å². The quantitative estimate of drug-likeness (QED) is 0.463. The van der Waals surface area contributed by atoms with Crippen LogP contribution in [0.1, 0.15) is 33.1 Å². The Morgan fingerprint density at radius 1 is 1.44 bits per heavy atom. The third-order valence-electron chi connectivity index (χ3n) is 1.88. The molecule has 0 bridgehead atoms. The average molecular weight is 226 g/mol. The molecule has 0 N–H and O–H groups in total. The van der Waals surface area contributed by atoms with Crippen LogP contribution < -0.4 is 0 Å². The molecule has 1 atom stereocenters. The van der Waals surface area contributed by atoms with Crippen LogP contribution in [-0.2, 0) is 19.1 Å². The predicted octanol–water partition coefficient (Wildman–Crippen LogP) is 1.33. The summed E-state index contributed by atoms with van der Waals surface area (Å²) in [5.74, 6) is 1.80. The summed E-state index contributed by atoms with van der Waals surface area (Å²) < 4.78 is 10.1. The van der Waals surface area contributed by atoms with E-state index >= 15 is 0 Å². The van der Waals surface area contributed by atoms with Crippen LogP contribution >= 0.6 is 0 Å². The Kier molecular flexibility index (Phi) is 8.18. The summed E-state index contributed by atoms with van der Waals surface area (Å²) in [6.45, 7) is 3.62. The number of carbonyl (C=O) groups is 2. The Hall–Kier alpha value is -1.34. The summed E-state index contributed by atoms with van der Waals surface area (Å²) in [5.41, 5.74) is 0. The normalized spacial score (nSPS) is 11.6. The number of hydrogen-bond acceptors (Lipinski definition) is 4. The lowest BCUT2D eigenvalue weighted by molar-refractivity contribution is -0.156. The van der Waals surface area contributed by atoms with Crippen LogP contribution in [0.25, 0.3) is 0 Å². The first-order chi connectivity index (χ1) is 7.61. The van der Waals surface area contributed by atoms with Gasteiger partial charge in [0.2, 0.25) is 0 Å². The van der Waals surface area contributed by atoms with Crippen LogP contribution in [0.4, 0.5) is 0 Å². The Bertz CT molecular complexity index is 265. The van der Waals surface area contributed by atoms with Crippen LogP contribution in [-0.4, -0.2) is 31.1 Å². The molecule has 0 spiro atoms. The number of esters is 1. The van der Waals surface area contributed by atoms with Crippen LogP contribution in [0.3, 0.4) is 0 Å². The number of ketones is 1. The minimum absolute atomic E-state index is 0.0345. The Morgan fingerprint density at radius 3 is 2.62 bits per heavy atom. The maximum absolute atomic E-state index is 11.4. The van der Waals surface area contributed by atoms with Gasteiger partial charge in [-0.1, -0.05) is 19.3 Å².